The summed E-state index contributed by atoms with van der Waals surface area (Å²) in [5.74, 6) is -3.31. The van der Waals surface area contributed by atoms with Crippen molar-refractivity contribution in [1.29, 1.82) is 0 Å². The van der Waals surface area contributed by atoms with Crippen LogP contribution in [0.3, 0.4) is 0 Å². The van der Waals surface area contributed by atoms with Gasteiger partial charge >= 0.3 is 0 Å². The van der Waals surface area contributed by atoms with Gasteiger partial charge in [-0.05, 0) is 17.2 Å². The van der Waals surface area contributed by atoms with Gasteiger partial charge in [-0.1, -0.05) is 11.2 Å². The number of carbonyl (C=O) groups is 3. The maximum Gasteiger partial charge on any atom is 0.277 e. The van der Waals surface area contributed by atoms with E-state index in [9.17, 15) is 29.7 Å². The number of thioether (sulfide) groups is 1. The Bertz CT molecular complexity index is 1100. The monoisotopic (exact) mass is 540 g/mol. The fourth-order valence-electron chi connectivity index (χ4n) is 4.15. The highest BCUT2D eigenvalue weighted by molar-refractivity contribution is 8.00. The molecule has 3 atom stereocenters. The molecule has 1 fully saturated rings. The van der Waals surface area contributed by atoms with Gasteiger partial charge in [-0.25, -0.2) is 0 Å². The molecule has 2 aliphatic rings. The molecule has 1 unspecified atom stereocenters. The number of rotatable bonds is 12. The van der Waals surface area contributed by atoms with E-state index in [1.165, 1.54) is 18.9 Å². The Hall–Kier alpha value is -2.85. The van der Waals surface area contributed by atoms with Crippen LogP contribution in [0.1, 0.15) is 5.82 Å². The van der Waals surface area contributed by atoms with Crippen LogP contribution in [-0.2, 0) is 19.2 Å². The van der Waals surface area contributed by atoms with Gasteiger partial charge in [-0.3, -0.25) is 9.59 Å². The van der Waals surface area contributed by atoms with Crippen LogP contribution in [-0.4, -0.2) is 111 Å². The first-order valence-electron chi connectivity index (χ1n) is 11.0. The molecule has 36 heavy (non-hydrogen) atoms. The molecule has 3 rings (SSSR count). The molecule has 15 heteroatoms. The molecular formula is C21H28N6O7S2. The number of carboxylic acids is 1. The highest BCUT2D eigenvalue weighted by Gasteiger charge is 2.55. The highest BCUT2D eigenvalue weighted by Crippen LogP contribution is 2.45. The molecule has 0 radical (unpaired) electrons. The minimum absolute atomic E-state index is 0.0491. The number of likely N-dealkylation sites (N-methyl/N-ethyl adjacent to an activating group) is 1. The summed E-state index contributed by atoms with van der Waals surface area (Å²) in [4.78, 5) is 46.4. The summed E-state index contributed by atoms with van der Waals surface area (Å²) in [7, 11) is 3.11. The van der Waals surface area contributed by atoms with Gasteiger partial charge in [-0.15, -0.1) is 0 Å². The number of aromatic nitrogens is 2. The van der Waals surface area contributed by atoms with Crippen LogP contribution < -0.4 is 16.2 Å². The second-order valence-corrected chi connectivity index (χ2v) is 10.5. The van der Waals surface area contributed by atoms with Gasteiger partial charge in [0, 0.05) is 22.5 Å². The van der Waals surface area contributed by atoms with Gasteiger partial charge in [-0.2, -0.15) is 21.1 Å². The average molecular weight is 541 g/mol. The number of hydrogen-bond acceptors (Lipinski definition) is 13. The number of nitrogens with zero attached hydrogens (tertiary/aromatic N) is 4. The molecule has 1 aliphatic carbocycles. The molecule has 0 aromatic carbocycles. The van der Waals surface area contributed by atoms with E-state index in [1.54, 1.807) is 12.2 Å². The van der Waals surface area contributed by atoms with Crippen molar-refractivity contribution < 1.29 is 39.0 Å². The smallest absolute Gasteiger partial charge is 0.277 e. The lowest BCUT2D eigenvalue weighted by Crippen LogP contribution is -2.66. The fourth-order valence-corrected chi connectivity index (χ4v) is 6.06. The number of carbonyl (C=O) groups excluding carboxylic acids is 3. The molecule has 2 heterocycles. The second kappa shape index (κ2) is 11.9. The third kappa shape index (κ3) is 5.92. The predicted molar refractivity (Wildman–Crippen MR) is 131 cm³/mol. The van der Waals surface area contributed by atoms with E-state index >= 15 is 0 Å². The number of aliphatic hydroxyl groups is 2. The van der Waals surface area contributed by atoms with Crippen LogP contribution in [0, 0.1) is 5.92 Å². The molecule has 1 aliphatic heterocycles. The Morgan fingerprint density at radius 2 is 2.06 bits per heavy atom. The van der Waals surface area contributed by atoms with E-state index in [2.05, 4.69) is 19.8 Å². The molecule has 1 aromatic heterocycles. The molecule has 1 aromatic rings. The largest absolute Gasteiger partial charge is 0.545 e. The van der Waals surface area contributed by atoms with Crippen molar-refractivity contribution in [3.63, 3.8) is 0 Å². The zero-order valence-corrected chi connectivity index (χ0v) is 21.4. The van der Waals surface area contributed by atoms with Crippen LogP contribution in [0.15, 0.2) is 28.5 Å². The van der Waals surface area contributed by atoms with Crippen LogP contribution in [0.25, 0.3) is 0 Å². The van der Waals surface area contributed by atoms with Gasteiger partial charge < -0.3 is 40.5 Å². The average Bonchev–Trinajstić information content (AvgIpc) is 3.26. The Balaban J connectivity index is 1.75. The first kappa shape index (κ1) is 27.7. The molecule has 1 amide bonds. The van der Waals surface area contributed by atoms with E-state index in [0.29, 0.717) is 35.4 Å². The number of amides is 1. The lowest BCUT2D eigenvalue weighted by Gasteiger charge is -2.47. The number of fused-ring (bicyclic) bond motifs is 1. The molecule has 196 valence electrons. The predicted octanol–water partition coefficient (Wildman–Crippen LogP) is -2.70. The van der Waals surface area contributed by atoms with Gasteiger partial charge in [0.05, 0.1) is 38.7 Å². The number of hydrogen-bond donors (Lipinski definition) is 4. The number of aliphatic hydroxyl groups excluding tert-OH is 2. The summed E-state index contributed by atoms with van der Waals surface area (Å²) in [5.41, 5.74) is 5.68. The number of quaternary nitrogens is 1. The molecule has 13 nitrogen and oxygen atoms in total. The number of nitrogens with two attached hydrogens (primary N) is 1. The lowest BCUT2D eigenvalue weighted by atomic mass is 9.71. The Kier molecular flexibility index (Phi) is 9.19. The van der Waals surface area contributed by atoms with Gasteiger partial charge in [0.15, 0.2) is 10.9 Å². The Labute approximate surface area is 215 Å². The van der Waals surface area contributed by atoms with E-state index in [0.717, 1.165) is 11.5 Å². The summed E-state index contributed by atoms with van der Waals surface area (Å²) in [6, 6.07) is -0.931. The van der Waals surface area contributed by atoms with E-state index < -0.39 is 34.9 Å². The quantitative estimate of drug-likeness (QED) is 0.122. The summed E-state index contributed by atoms with van der Waals surface area (Å²) in [6.45, 7) is 1.19. The topological polar surface area (TPSA) is 200 Å². The fraction of sp³-hybridized carbons (Fsp3) is 0.524. The third-order valence-electron chi connectivity index (χ3n) is 6.06. The number of aliphatic carboxylic acids is 1. The Morgan fingerprint density at radius 1 is 1.36 bits per heavy atom. The molecule has 0 spiro atoms. The van der Waals surface area contributed by atoms with Crippen LogP contribution in [0.2, 0.25) is 0 Å². The maximum absolute atomic E-state index is 13.0. The number of ketones is 1. The summed E-state index contributed by atoms with van der Waals surface area (Å²) >= 11 is 2.23. The van der Waals surface area contributed by atoms with Gasteiger partial charge in [0.2, 0.25) is 11.5 Å². The van der Waals surface area contributed by atoms with E-state index in [4.69, 9.17) is 10.6 Å². The minimum atomic E-state index is -1.44. The SMILES string of the molecule is CO/N=C(\C(=O)N[C@@H]1C(=O)C2C(C(=O)[O-])=C(/C=C/C[N+](C)(CCO)CCO)CS[C@@H]21)c1nsc(N)n1. The van der Waals surface area contributed by atoms with E-state index in [1.807, 2.05) is 7.05 Å². The summed E-state index contributed by atoms with van der Waals surface area (Å²) < 4.78 is 4.30. The highest BCUT2D eigenvalue weighted by atomic mass is 32.2. The Morgan fingerprint density at radius 3 is 2.61 bits per heavy atom. The number of anilines is 1. The van der Waals surface area contributed by atoms with Crippen molar-refractivity contribution in [3.05, 3.63) is 29.1 Å². The first-order valence-corrected chi connectivity index (χ1v) is 12.8. The van der Waals surface area contributed by atoms with Gasteiger partial charge in [0.1, 0.15) is 26.2 Å². The number of carboxylic acid groups (broad SMARTS) is 1. The second-order valence-electron chi connectivity index (χ2n) is 8.51. The van der Waals surface area contributed by atoms with Crippen molar-refractivity contribution in [1.82, 2.24) is 14.7 Å². The van der Waals surface area contributed by atoms with Crippen molar-refractivity contribution in [2.45, 2.75) is 11.3 Å². The number of allylic oxidation sites excluding steroid dienone is 1. The van der Waals surface area contributed by atoms with Crippen LogP contribution >= 0.6 is 23.3 Å². The minimum Gasteiger partial charge on any atom is -0.545 e. The van der Waals surface area contributed by atoms with Crippen molar-refractivity contribution in [2.75, 3.05) is 58.5 Å². The number of Topliss-reactive ketones (excluding diaryl/α,β-unsaturated/α-hetero) is 1. The van der Waals surface area contributed by atoms with Crippen molar-refractivity contribution in [3.8, 4) is 0 Å². The van der Waals surface area contributed by atoms with E-state index in [-0.39, 0.29) is 35.5 Å². The maximum atomic E-state index is 13.0. The first-order chi connectivity index (χ1) is 17.2. The van der Waals surface area contributed by atoms with Gasteiger partial charge in [0.25, 0.3) is 5.91 Å². The number of nitrogen functional groups attached to an aromatic ring is 1. The zero-order chi connectivity index (χ0) is 26.5. The molecule has 0 bridgehead atoms. The molecular weight excluding hydrogens is 512 g/mol. The van der Waals surface area contributed by atoms with Crippen LogP contribution in [0.5, 0.6) is 0 Å². The molecule has 0 saturated heterocycles. The van der Waals surface area contributed by atoms with Crippen LogP contribution in [0.4, 0.5) is 5.13 Å². The number of oxime groups is 1. The molecule has 5 N–H and O–H groups in total. The van der Waals surface area contributed by atoms with Crippen molar-refractivity contribution in [2.24, 2.45) is 11.1 Å². The third-order valence-corrected chi connectivity index (χ3v) is 8.01. The summed E-state index contributed by atoms with van der Waals surface area (Å²) in [6.07, 6.45) is 3.42. The van der Waals surface area contributed by atoms with Crippen molar-refractivity contribution >= 4 is 51.8 Å². The molecule has 1 saturated carbocycles. The summed E-state index contributed by atoms with van der Waals surface area (Å²) in [5, 5.41) is 36.4. The number of nitrogens with one attached hydrogen (secondary N) is 1. The normalized spacial score (nSPS) is 22.4. The standard InChI is InChI=1S/C21H28N6O7S2/c1-27(6-8-28,7-9-29)5-3-4-11-10-35-17-13(12(11)20(32)33)16(30)14(17)23-19(31)15(25-34-2)18-24-21(22)36-26-18/h3-4,13-14,17,28-29H,5-10H2,1-2H3,(H3-,22,23,24,26,31,32,33)/b4-3+,25-15-/t13?,14-,17+/m1/s1. The lowest BCUT2D eigenvalue weighted by molar-refractivity contribution is -0.904. The zero-order valence-electron chi connectivity index (χ0n) is 19.7.